The van der Waals surface area contributed by atoms with E-state index < -0.39 is 31.3 Å². The van der Waals surface area contributed by atoms with E-state index in [2.05, 4.69) is 0 Å². The van der Waals surface area contributed by atoms with Crippen LogP contribution in [-0.2, 0) is 6.18 Å². The number of aliphatic hydroxyl groups excluding tert-OH is 1. The number of β-amino-alcohol motifs (C(OH)–C–C–N with tert-alkyl or cyclic N) is 1. The van der Waals surface area contributed by atoms with Crippen LogP contribution in [0.2, 0.25) is 0 Å². The Morgan fingerprint density at radius 3 is 2.33 bits per heavy atom. The van der Waals surface area contributed by atoms with Crippen LogP contribution >= 0.6 is 11.8 Å². The zero-order valence-electron chi connectivity index (χ0n) is 20.2. The lowest BCUT2D eigenvalue weighted by atomic mass is 9.94. The first-order valence-corrected chi connectivity index (χ1v) is 10.5. The molecule has 30 heavy (non-hydrogen) atoms. The predicted molar refractivity (Wildman–Crippen MR) is 114 cm³/mol. The normalized spacial score (nSPS) is 21.9. The maximum atomic E-state index is 13.4. The highest BCUT2D eigenvalue weighted by atomic mass is 32.2. The fourth-order valence-electron chi connectivity index (χ4n) is 3.67. The molecule has 0 bridgehead atoms. The molecule has 0 saturated carbocycles. The molecule has 0 radical (unpaired) electrons. The number of alkyl halides is 3. The highest BCUT2D eigenvalue weighted by Crippen LogP contribution is 2.47. The molecule has 1 saturated heterocycles. The van der Waals surface area contributed by atoms with Crippen LogP contribution in [0.3, 0.4) is 0 Å². The van der Waals surface area contributed by atoms with E-state index in [0.717, 1.165) is 22.6 Å². The van der Waals surface area contributed by atoms with Crippen molar-refractivity contribution in [3.8, 4) is 0 Å². The Balaban J connectivity index is 1.61. The molecular weight excluding hydrogens is 409 g/mol. The molecule has 4 rings (SSSR count). The largest absolute Gasteiger partial charge is 0.416 e. The summed E-state index contributed by atoms with van der Waals surface area (Å²) in [5.74, 6) is 0. The SMILES string of the molecule is [2H]C([2H])(CO)N1CCN(C([2H])([2H])C/C=C2/c3ccccc3Sc3ccc(C(F)(F)F)cc32)CC1. The van der Waals surface area contributed by atoms with Gasteiger partial charge in [-0.05, 0) is 47.4 Å². The van der Waals surface area contributed by atoms with E-state index in [4.69, 9.17) is 5.48 Å². The molecule has 0 unspecified atom stereocenters. The van der Waals surface area contributed by atoms with Crippen LogP contribution < -0.4 is 0 Å². The highest BCUT2D eigenvalue weighted by Gasteiger charge is 2.32. The van der Waals surface area contributed by atoms with E-state index >= 15 is 0 Å². The summed E-state index contributed by atoms with van der Waals surface area (Å²) in [5, 5.41) is 9.25. The van der Waals surface area contributed by atoms with Gasteiger partial charge in [-0.25, -0.2) is 0 Å². The quantitative estimate of drug-likeness (QED) is 0.630. The van der Waals surface area contributed by atoms with Crippen molar-refractivity contribution in [3.05, 3.63) is 65.2 Å². The second-order valence-electron chi connectivity index (χ2n) is 7.08. The summed E-state index contributed by atoms with van der Waals surface area (Å²) < 4.78 is 73.1. The standard InChI is InChI=1S/C23H25F3N2OS/c24-23(25,26)17-7-8-22-20(16-17)18(19-4-1-2-6-21(19)30-22)5-3-9-27-10-12-28(13-11-27)14-15-29/h1-2,4-8,16,29H,3,9-15H2/b18-5-/i9D2,14D2. The predicted octanol–water partition coefficient (Wildman–Crippen LogP) is 4.60. The number of hydrogen-bond donors (Lipinski definition) is 1. The number of piperazine rings is 1. The molecule has 2 aromatic rings. The second kappa shape index (κ2) is 9.14. The summed E-state index contributed by atoms with van der Waals surface area (Å²) in [6.07, 6.45) is -2.84. The Hall–Kier alpha value is -1.80. The lowest BCUT2D eigenvalue weighted by molar-refractivity contribution is -0.137. The topological polar surface area (TPSA) is 26.7 Å². The van der Waals surface area contributed by atoms with Gasteiger partial charge in [-0.1, -0.05) is 36.0 Å². The van der Waals surface area contributed by atoms with Gasteiger partial charge in [0.05, 0.1) is 12.2 Å². The molecule has 0 atom stereocenters. The van der Waals surface area contributed by atoms with Gasteiger partial charge in [-0.2, -0.15) is 13.2 Å². The number of benzene rings is 2. The van der Waals surface area contributed by atoms with Gasteiger partial charge in [0.25, 0.3) is 0 Å². The van der Waals surface area contributed by atoms with Crippen LogP contribution in [0, 0.1) is 0 Å². The monoisotopic (exact) mass is 438 g/mol. The Bertz CT molecular complexity index is 1090. The number of halogens is 3. The molecule has 2 aliphatic heterocycles. The second-order valence-corrected chi connectivity index (χ2v) is 8.16. The molecule has 3 nitrogen and oxygen atoms in total. The van der Waals surface area contributed by atoms with E-state index in [1.807, 2.05) is 24.3 Å². The molecule has 2 aliphatic rings. The van der Waals surface area contributed by atoms with E-state index in [0.29, 0.717) is 16.0 Å². The van der Waals surface area contributed by atoms with Crippen molar-refractivity contribution in [2.75, 3.05) is 45.8 Å². The molecule has 0 aromatic heterocycles. The first kappa shape index (κ1) is 16.8. The van der Waals surface area contributed by atoms with Crippen LogP contribution in [0.15, 0.2) is 58.3 Å². The van der Waals surface area contributed by atoms with Gasteiger partial charge in [0.15, 0.2) is 0 Å². The zero-order valence-corrected chi connectivity index (χ0v) is 17.1. The summed E-state index contributed by atoms with van der Waals surface area (Å²) >= 11 is 1.40. The van der Waals surface area contributed by atoms with E-state index in [1.54, 1.807) is 11.0 Å². The number of nitrogens with zero attached hydrogens (tertiary/aromatic N) is 2. The molecule has 0 spiro atoms. The zero-order chi connectivity index (χ0) is 24.7. The Kier molecular flexibility index (Phi) is 5.13. The van der Waals surface area contributed by atoms with Crippen LogP contribution in [0.5, 0.6) is 0 Å². The van der Waals surface area contributed by atoms with Crippen LogP contribution in [0.4, 0.5) is 13.2 Å². The molecule has 2 heterocycles. The molecule has 0 aliphatic carbocycles. The highest BCUT2D eigenvalue weighted by molar-refractivity contribution is 7.99. The van der Waals surface area contributed by atoms with Crippen molar-refractivity contribution >= 4 is 17.3 Å². The third-order valence-electron chi connectivity index (χ3n) is 5.19. The number of rotatable bonds is 5. The van der Waals surface area contributed by atoms with Crippen LogP contribution in [-0.4, -0.2) is 60.7 Å². The summed E-state index contributed by atoms with van der Waals surface area (Å²) in [7, 11) is 0. The van der Waals surface area contributed by atoms with Crippen molar-refractivity contribution in [2.24, 2.45) is 0 Å². The lowest BCUT2D eigenvalue weighted by Crippen LogP contribution is -2.47. The minimum Gasteiger partial charge on any atom is -0.395 e. The van der Waals surface area contributed by atoms with E-state index in [9.17, 15) is 18.3 Å². The van der Waals surface area contributed by atoms with Crippen LogP contribution in [0.1, 0.15) is 28.6 Å². The van der Waals surface area contributed by atoms with E-state index in [-0.39, 0.29) is 32.6 Å². The number of aliphatic hydroxyl groups is 1. The van der Waals surface area contributed by atoms with Gasteiger partial charge in [-0.15, -0.1) is 0 Å². The number of hydrogen-bond acceptors (Lipinski definition) is 4. The molecule has 0 amide bonds. The van der Waals surface area contributed by atoms with Gasteiger partial charge >= 0.3 is 6.18 Å². The maximum absolute atomic E-state index is 13.4. The fraction of sp³-hybridized carbons (Fsp3) is 0.391. The van der Waals surface area contributed by atoms with Gasteiger partial charge in [-0.3, -0.25) is 4.90 Å². The fourth-order valence-corrected chi connectivity index (χ4v) is 4.75. The third-order valence-corrected chi connectivity index (χ3v) is 6.34. The van der Waals surface area contributed by atoms with Gasteiger partial charge in [0.2, 0.25) is 0 Å². The van der Waals surface area contributed by atoms with Gasteiger partial charge in [0, 0.05) is 54.4 Å². The average Bonchev–Trinajstić information content (AvgIpc) is 2.81. The lowest BCUT2D eigenvalue weighted by Gasteiger charge is -2.34. The molecule has 2 aromatic carbocycles. The first-order valence-electron chi connectivity index (χ1n) is 11.7. The van der Waals surface area contributed by atoms with Crippen molar-refractivity contribution < 1.29 is 23.8 Å². The summed E-state index contributed by atoms with van der Waals surface area (Å²) in [6.45, 7) is -3.19. The van der Waals surface area contributed by atoms with Crippen molar-refractivity contribution in [1.29, 1.82) is 0 Å². The van der Waals surface area contributed by atoms with Gasteiger partial charge < -0.3 is 10.0 Å². The first-order chi connectivity index (χ1) is 15.9. The van der Waals surface area contributed by atoms with E-state index in [1.165, 1.54) is 22.7 Å². The Morgan fingerprint density at radius 1 is 0.967 bits per heavy atom. The minimum absolute atomic E-state index is 0.0378. The minimum atomic E-state index is -4.48. The molecule has 160 valence electrons. The van der Waals surface area contributed by atoms with Crippen molar-refractivity contribution in [1.82, 2.24) is 9.80 Å². The summed E-state index contributed by atoms with van der Waals surface area (Å²) in [6, 6.07) is 11.1. The molecular formula is C23H25F3N2OS. The molecule has 1 N–H and O–H groups in total. The Labute approximate surface area is 184 Å². The van der Waals surface area contributed by atoms with Crippen LogP contribution in [0.25, 0.3) is 5.57 Å². The summed E-state index contributed by atoms with van der Waals surface area (Å²) in [4.78, 5) is 4.70. The Morgan fingerprint density at radius 2 is 1.63 bits per heavy atom. The van der Waals surface area contributed by atoms with Crippen molar-refractivity contribution in [2.45, 2.75) is 22.4 Å². The summed E-state index contributed by atoms with van der Waals surface area (Å²) in [5.41, 5.74) is 1.05. The third kappa shape index (κ3) is 4.75. The average molecular weight is 439 g/mol. The number of fused-ring (bicyclic) bond motifs is 2. The van der Waals surface area contributed by atoms with Gasteiger partial charge in [0.1, 0.15) is 0 Å². The maximum Gasteiger partial charge on any atom is 0.416 e. The molecule has 7 heteroatoms. The smallest absolute Gasteiger partial charge is 0.395 e. The molecule has 1 fully saturated rings. The van der Waals surface area contributed by atoms with Crippen molar-refractivity contribution in [3.63, 3.8) is 0 Å².